The number of aliphatic carboxylic acids is 1. The van der Waals surface area contributed by atoms with Gasteiger partial charge in [-0.3, -0.25) is 0 Å². The van der Waals surface area contributed by atoms with E-state index >= 15 is 0 Å². The molecule has 0 aliphatic carbocycles. The van der Waals surface area contributed by atoms with Crippen LogP contribution in [0.15, 0.2) is 42.5 Å². The maximum absolute atomic E-state index is 12.9. The molecule has 0 amide bonds. The van der Waals surface area contributed by atoms with Crippen LogP contribution in [0.1, 0.15) is 29.7 Å². The molecule has 1 atom stereocenters. The zero-order valence-electron chi connectivity index (χ0n) is 17.3. The maximum atomic E-state index is 12.9. The number of hydrogen-bond acceptors (Lipinski definition) is 5. The summed E-state index contributed by atoms with van der Waals surface area (Å²) in [6.45, 7) is 3.15. The number of carboxylic acids is 1. The fourth-order valence-corrected chi connectivity index (χ4v) is 4.29. The second kappa shape index (κ2) is 8.85. The van der Waals surface area contributed by atoms with Gasteiger partial charge in [-0.1, -0.05) is 36.7 Å². The van der Waals surface area contributed by atoms with Gasteiger partial charge in [0.15, 0.2) is 6.10 Å². The summed E-state index contributed by atoms with van der Waals surface area (Å²) in [4.78, 5) is 11.6. The highest BCUT2D eigenvalue weighted by Gasteiger charge is 2.48. The van der Waals surface area contributed by atoms with Crippen LogP contribution in [0, 0.1) is 6.92 Å². The first kappa shape index (κ1) is 24.8. The van der Waals surface area contributed by atoms with Crippen molar-refractivity contribution in [3.8, 4) is 16.9 Å². The number of carboxylic acid groups (broad SMARTS) is 1. The van der Waals surface area contributed by atoms with E-state index in [1.807, 2.05) is 0 Å². The van der Waals surface area contributed by atoms with Gasteiger partial charge >= 0.3 is 21.6 Å². The smallest absolute Gasteiger partial charge is 0.479 e. The molecule has 0 bridgehead atoms. The van der Waals surface area contributed by atoms with E-state index in [0.29, 0.717) is 32.5 Å². The fourth-order valence-electron chi connectivity index (χ4n) is 3.68. The molecule has 176 valence electrons. The lowest BCUT2D eigenvalue weighted by Gasteiger charge is -2.21. The normalized spacial score (nSPS) is 13.2. The average molecular weight is 503 g/mol. The lowest BCUT2D eigenvalue weighted by Crippen LogP contribution is -2.28. The molecule has 6 nitrogen and oxygen atoms in total. The summed E-state index contributed by atoms with van der Waals surface area (Å²) in [5.41, 5.74) is -4.16. The molecular formula is C22H18ClF3O6S. The van der Waals surface area contributed by atoms with Gasteiger partial charge in [-0.15, -0.1) is 0 Å². The highest BCUT2D eigenvalue weighted by atomic mass is 35.5. The Bertz CT molecular complexity index is 1340. The van der Waals surface area contributed by atoms with Gasteiger partial charge in [-0.25, -0.2) is 4.79 Å². The number of alkyl halides is 3. The van der Waals surface area contributed by atoms with Crippen LogP contribution in [0.25, 0.3) is 21.9 Å². The molecule has 33 heavy (non-hydrogen) atoms. The number of carbonyl (C=O) groups is 1. The van der Waals surface area contributed by atoms with E-state index in [4.69, 9.17) is 11.6 Å². The van der Waals surface area contributed by atoms with Crippen molar-refractivity contribution in [2.24, 2.45) is 0 Å². The van der Waals surface area contributed by atoms with Gasteiger partial charge in [0.05, 0.1) is 0 Å². The van der Waals surface area contributed by atoms with Gasteiger partial charge in [-0.05, 0) is 65.1 Å². The Morgan fingerprint density at radius 1 is 1.12 bits per heavy atom. The molecule has 2 N–H and O–H groups in total. The molecule has 0 saturated heterocycles. The number of halogens is 4. The third-order valence-electron chi connectivity index (χ3n) is 5.12. The van der Waals surface area contributed by atoms with Gasteiger partial charge in [0.1, 0.15) is 5.75 Å². The Balaban J connectivity index is 2.39. The minimum atomic E-state index is -5.89. The molecule has 0 aliphatic rings. The highest BCUT2D eigenvalue weighted by Crippen LogP contribution is 2.42. The largest absolute Gasteiger partial charge is 0.534 e. The maximum Gasteiger partial charge on any atom is 0.534 e. The van der Waals surface area contributed by atoms with Crippen molar-refractivity contribution in [1.29, 1.82) is 0 Å². The fraction of sp³-hybridized carbons (Fsp3) is 0.227. The lowest BCUT2D eigenvalue weighted by molar-refractivity contribution is -0.146. The number of fused-ring (bicyclic) bond motifs is 1. The van der Waals surface area contributed by atoms with E-state index in [9.17, 15) is 36.6 Å². The van der Waals surface area contributed by atoms with Crippen LogP contribution in [0.5, 0.6) is 5.75 Å². The van der Waals surface area contributed by atoms with Crippen LogP contribution in [-0.4, -0.2) is 30.1 Å². The van der Waals surface area contributed by atoms with Crippen molar-refractivity contribution in [2.75, 3.05) is 0 Å². The summed E-state index contributed by atoms with van der Waals surface area (Å²) < 4.78 is 66.1. The van der Waals surface area contributed by atoms with Crippen LogP contribution in [-0.2, 0) is 21.3 Å². The molecule has 0 saturated carbocycles. The van der Waals surface area contributed by atoms with Crippen molar-refractivity contribution < 1.29 is 40.8 Å². The Morgan fingerprint density at radius 3 is 2.24 bits per heavy atom. The average Bonchev–Trinajstić information content (AvgIpc) is 2.71. The summed E-state index contributed by atoms with van der Waals surface area (Å²) in [6, 6.07) is 10.2. The predicted molar refractivity (Wildman–Crippen MR) is 117 cm³/mol. The molecule has 3 rings (SSSR count). The summed E-state index contributed by atoms with van der Waals surface area (Å²) in [7, 11) is -5.89. The van der Waals surface area contributed by atoms with Crippen molar-refractivity contribution in [3.05, 3.63) is 64.2 Å². The second-order valence-corrected chi connectivity index (χ2v) is 9.18. The predicted octanol–water partition coefficient (Wildman–Crippen LogP) is 5.38. The first-order chi connectivity index (χ1) is 15.3. The summed E-state index contributed by atoms with van der Waals surface area (Å²) in [5.74, 6) is -1.98. The molecular weight excluding hydrogens is 485 g/mol. The van der Waals surface area contributed by atoms with E-state index in [1.54, 1.807) is 38.1 Å². The molecule has 3 aromatic carbocycles. The molecule has 0 radical (unpaired) electrons. The van der Waals surface area contributed by atoms with Crippen LogP contribution in [0.2, 0.25) is 5.02 Å². The minimum absolute atomic E-state index is 0.0935. The number of rotatable bonds is 6. The number of aliphatic hydroxyl groups excluding tert-OH is 1. The number of hydrogen-bond donors (Lipinski definition) is 2. The van der Waals surface area contributed by atoms with Gasteiger partial charge in [0, 0.05) is 16.1 Å². The van der Waals surface area contributed by atoms with Crippen LogP contribution < -0.4 is 4.18 Å². The molecule has 11 heteroatoms. The first-order valence-electron chi connectivity index (χ1n) is 9.55. The van der Waals surface area contributed by atoms with E-state index in [1.165, 1.54) is 12.1 Å². The number of benzene rings is 3. The van der Waals surface area contributed by atoms with Crippen LogP contribution >= 0.6 is 11.6 Å². The molecule has 0 fully saturated rings. The molecule has 1 unspecified atom stereocenters. The quantitative estimate of drug-likeness (QED) is 0.347. The third-order valence-corrected chi connectivity index (χ3v) is 6.33. The topological polar surface area (TPSA) is 101 Å². The van der Waals surface area contributed by atoms with Gasteiger partial charge in [-0.2, -0.15) is 21.6 Å². The van der Waals surface area contributed by atoms with E-state index < -0.39 is 33.4 Å². The van der Waals surface area contributed by atoms with E-state index in [-0.39, 0.29) is 17.5 Å². The van der Waals surface area contributed by atoms with E-state index in [0.717, 1.165) is 6.07 Å². The van der Waals surface area contributed by atoms with Crippen molar-refractivity contribution in [1.82, 2.24) is 0 Å². The minimum Gasteiger partial charge on any atom is -0.479 e. The van der Waals surface area contributed by atoms with Crippen molar-refractivity contribution in [3.63, 3.8) is 0 Å². The summed E-state index contributed by atoms with van der Waals surface area (Å²) in [6.07, 6.45) is -1.77. The Hall–Kier alpha value is -2.82. The molecule has 0 spiro atoms. The summed E-state index contributed by atoms with van der Waals surface area (Å²) >= 11 is 5.96. The Labute approximate surface area is 192 Å². The first-order valence-corrected chi connectivity index (χ1v) is 11.3. The monoisotopic (exact) mass is 502 g/mol. The molecule has 0 aromatic heterocycles. The third kappa shape index (κ3) is 4.64. The Kier molecular flexibility index (Phi) is 6.65. The zero-order chi connectivity index (χ0) is 24.7. The van der Waals surface area contributed by atoms with Crippen LogP contribution in [0.3, 0.4) is 0 Å². The molecule has 0 heterocycles. The number of aryl methyl sites for hydroxylation is 2. The van der Waals surface area contributed by atoms with Gasteiger partial charge in [0.25, 0.3) is 0 Å². The van der Waals surface area contributed by atoms with Crippen LogP contribution in [0.4, 0.5) is 13.2 Å². The SMILES string of the molecule is CCc1c(OS(=O)(=O)C(F)(F)F)ccc2c(-c3ccc(Cl)cc3)c(C(O)C(=O)O)c(C)cc12. The standard InChI is InChI=1S/C22H18ClF3O6S/c1-3-14-16-10-11(2)18(20(27)21(28)29)19(12-4-6-13(23)7-5-12)15(16)8-9-17(14)32-33(30,31)22(24,25)26/h4-10,20,27H,3H2,1-2H3,(H,28,29). The van der Waals surface area contributed by atoms with Crippen molar-refractivity contribution >= 4 is 38.5 Å². The van der Waals surface area contributed by atoms with E-state index in [2.05, 4.69) is 4.18 Å². The zero-order valence-corrected chi connectivity index (χ0v) is 18.8. The Morgan fingerprint density at radius 2 is 1.73 bits per heavy atom. The van der Waals surface area contributed by atoms with Gasteiger partial charge in [0.2, 0.25) is 0 Å². The van der Waals surface area contributed by atoms with Gasteiger partial charge < -0.3 is 14.4 Å². The highest BCUT2D eigenvalue weighted by molar-refractivity contribution is 7.88. The van der Waals surface area contributed by atoms with Crippen molar-refractivity contribution in [2.45, 2.75) is 31.9 Å². The second-order valence-electron chi connectivity index (χ2n) is 7.20. The molecule has 0 aliphatic heterocycles. The summed E-state index contributed by atoms with van der Waals surface area (Å²) in [5, 5.41) is 21.0. The molecule has 3 aromatic rings. The lowest BCUT2D eigenvalue weighted by atomic mass is 9.85. The number of aliphatic hydroxyl groups is 1.